The number of benzene rings is 1. The van der Waals surface area contributed by atoms with Crippen molar-refractivity contribution in [2.45, 2.75) is 57.5 Å². The molecule has 0 radical (unpaired) electrons. The monoisotopic (exact) mass is 388 g/mol. The third-order valence-corrected chi connectivity index (χ3v) is 4.96. The molecule has 0 aliphatic heterocycles. The zero-order chi connectivity index (χ0) is 19.4. The third kappa shape index (κ3) is 4.60. The lowest BCUT2D eigenvalue weighted by Crippen LogP contribution is -2.16. The van der Waals surface area contributed by atoms with Crippen LogP contribution in [0.2, 0.25) is 0 Å². The average Bonchev–Trinajstić information content (AvgIpc) is 3.24. The van der Waals surface area contributed by atoms with Crippen LogP contribution in [-0.4, -0.2) is 25.0 Å². The number of nitrogens with zero attached hydrogens (tertiary/aromatic N) is 5. The van der Waals surface area contributed by atoms with Crippen LogP contribution in [0, 0.1) is 6.92 Å². The fraction of sp³-hybridized carbons (Fsp3) is 0.444. The Hall–Kier alpha value is -2.55. The van der Waals surface area contributed by atoms with Crippen molar-refractivity contribution < 1.29 is 9.26 Å². The van der Waals surface area contributed by atoms with Gasteiger partial charge in [0.15, 0.2) is 11.6 Å². The first-order valence-electron chi connectivity index (χ1n) is 8.84. The molecule has 0 aliphatic rings. The van der Waals surface area contributed by atoms with Crippen LogP contribution in [0.1, 0.15) is 55.4 Å². The van der Waals surface area contributed by atoms with Crippen molar-refractivity contribution >= 4 is 11.8 Å². The molecule has 2 heterocycles. The SMILES string of the molecule is CCc1noc(CSc2nnc(COc3cc(C)ccc3C(C)C)n2N)n1. The minimum absolute atomic E-state index is 0.244. The summed E-state index contributed by atoms with van der Waals surface area (Å²) in [4.78, 5) is 4.27. The molecule has 0 saturated carbocycles. The minimum Gasteiger partial charge on any atom is -0.485 e. The standard InChI is InChI=1S/C18H24N6O2S/c1-5-15-20-17(26-23-15)10-27-18-22-21-16(24(18)19)9-25-14-8-12(4)6-7-13(14)11(2)3/h6-8,11H,5,9-10,19H2,1-4H3. The number of aryl methyl sites for hydroxylation is 2. The molecule has 0 aliphatic carbocycles. The molecule has 0 unspecified atom stereocenters. The Morgan fingerprint density at radius 1 is 1.30 bits per heavy atom. The predicted octanol–water partition coefficient (Wildman–Crippen LogP) is 3.24. The number of rotatable bonds is 8. The Bertz CT molecular complexity index is 905. The van der Waals surface area contributed by atoms with Crippen LogP contribution in [0.4, 0.5) is 0 Å². The molecule has 3 aromatic rings. The van der Waals surface area contributed by atoms with E-state index < -0.39 is 0 Å². The van der Waals surface area contributed by atoms with Crippen molar-refractivity contribution in [3.05, 3.63) is 46.9 Å². The highest BCUT2D eigenvalue weighted by molar-refractivity contribution is 7.98. The summed E-state index contributed by atoms with van der Waals surface area (Å²) >= 11 is 1.39. The fourth-order valence-electron chi connectivity index (χ4n) is 2.51. The molecular weight excluding hydrogens is 364 g/mol. The molecule has 0 bridgehead atoms. The lowest BCUT2D eigenvalue weighted by atomic mass is 10.0. The molecule has 9 heteroatoms. The fourth-order valence-corrected chi connectivity index (χ4v) is 3.22. The lowest BCUT2D eigenvalue weighted by molar-refractivity contribution is 0.287. The van der Waals surface area contributed by atoms with Crippen LogP contribution in [0.15, 0.2) is 27.9 Å². The zero-order valence-corrected chi connectivity index (χ0v) is 16.8. The van der Waals surface area contributed by atoms with Gasteiger partial charge in [-0.2, -0.15) is 4.98 Å². The Morgan fingerprint density at radius 3 is 2.81 bits per heavy atom. The van der Waals surface area contributed by atoms with Gasteiger partial charge in [0.05, 0.1) is 5.75 Å². The van der Waals surface area contributed by atoms with Gasteiger partial charge < -0.3 is 15.1 Å². The van der Waals surface area contributed by atoms with E-state index in [0.717, 1.165) is 23.3 Å². The highest BCUT2D eigenvalue weighted by Gasteiger charge is 2.15. The molecule has 8 nitrogen and oxygen atoms in total. The van der Waals surface area contributed by atoms with E-state index in [4.69, 9.17) is 15.1 Å². The molecule has 27 heavy (non-hydrogen) atoms. The summed E-state index contributed by atoms with van der Waals surface area (Å²) in [6.07, 6.45) is 0.736. The molecule has 2 aromatic heterocycles. The maximum absolute atomic E-state index is 6.11. The van der Waals surface area contributed by atoms with Crippen molar-refractivity contribution in [2.24, 2.45) is 0 Å². The van der Waals surface area contributed by atoms with Gasteiger partial charge in [0.2, 0.25) is 11.0 Å². The van der Waals surface area contributed by atoms with Gasteiger partial charge in [0.1, 0.15) is 12.4 Å². The molecular formula is C18H24N6O2S. The van der Waals surface area contributed by atoms with Gasteiger partial charge in [0, 0.05) is 6.42 Å². The number of hydrogen-bond donors (Lipinski definition) is 1. The summed E-state index contributed by atoms with van der Waals surface area (Å²) in [5.74, 6) is 9.59. The van der Waals surface area contributed by atoms with Gasteiger partial charge in [-0.1, -0.05) is 49.8 Å². The molecule has 0 amide bonds. The quantitative estimate of drug-likeness (QED) is 0.463. The van der Waals surface area contributed by atoms with Crippen molar-refractivity contribution in [3.63, 3.8) is 0 Å². The molecule has 0 saturated heterocycles. The minimum atomic E-state index is 0.244. The highest BCUT2D eigenvalue weighted by Crippen LogP contribution is 2.28. The van der Waals surface area contributed by atoms with Gasteiger partial charge in [-0.15, -0.1) is 10.2 Å². The molecule has 0 atom stereocenters. The Balaban J connectivity index is 1.64. The highest BCUT2D eigenvalue weighted by atomic mass is 32.2. The Kier molecular flexibility index (Phi) is 6.00. The summed E-state index contributed by atoms with van der Waals surface area (Å²) in [5, 5.41) is 12.7. The number of nitrogen functional groups attached to an aromatic ring is 1. The molecule has 0 fully saturated rings. The van der Waals surface area contributed by atoms with Gasteiger partial charge in [-0.05, 0) is 30.0 Å². The molecule has 2 N–H and O–H groups in total. The smallest absolute Gasteiger partial charge is 0.237 e. The largest absolute Gasteiger partial charge is 0.485 e. The van der Waals surface area contributed by atoms with Crippen LogP contribution in [0.5, 0.6) is 5.75 Å². The number of hydrogen-bond acceptors (Lipinski definition) is 8. The summed E-state index contributed by atoms with van der Waals surface area (Å²) in [5.41, 5.74) is 2.30. The van der Waals surface area contributed by atoms with E-state index in [9.17, 15) is 0 Å². The summed E-state index contributed by atoms with van der Waals surface area (Å²) < 4.78 is 12.6. The number of nitrogens with two attached hydrogens (primary N) is 1. The van der Waals surface area contributed by atoms with E-state index in [-0.39, 0.29) is 6.61 Å². The molecule has 144 valence electrons. The van der Waals surface area contributed by atoms with Crippen molar-refractivity contribution in [3.8, 4) is 5.75 Å². The van der Waals surface area contributed by atoms with E-state index in [0.29, 0.717) is 34.4 Å². The second kappa shape index (κ2) is 8.43. The van der Waals surface area contributed by atoms with E-state index >= 15 is 0 Å². The van der Waals surface area contributed by atoms with E-state index in [1.165, 1.54) is 16.4 Å². The normalized spacial score (nSPS) is 11.3. The lowest BCUT2D eigenvalue weighted by Gasteiger charge is -2.14. The average molecular weight is 388 g/mol. The van der Waals surface area contributed by atoms with Crippen LogP contribution in [-0.2, 0) is 18.8 Å². The van der Waals surface area contributed by atoms with Gasteiger partial charge in [-0.3, -0.25) is 0 Å². The summed E-state index contributed by atoms with van der Waals surface area (Å²) in [7, 11) is 0. The van der Waals surface area contributed by atoms with Crippen molar-refractivity contribution in [2.75, 3.05) is 5.84 Å². The predicted molar refractivity (Wildman–Crippen MR) is 103 cm³/mol. The topological polar surface area (TPSA) is 105 Å². The summed E-state index contributed by atoms with van der Waals surface area (Å²) in [6, 6.07) is 6.21. The first-order chi connectivity index (χ1) is 13.0. The van der Waals surface area contributed by atoms with Gasteiger partial charge in [-0.25, -0.2) is 4.68 Å². The second-order valence-corrected chi connectivity index (χ2v) is 7.44. The van der Waals surface area contributed by atoms with Gasteiger partial charge >= 0.3 is 0 Å². The Labute approximate surface area is 162 Å². The number of aromatic nitrogens is 5. The number of ether oxygens (including phenoxy) is 1. The maximum atomic E-state index is 6.11. The van der Waals surface area contributed by atoms with Crippen LogP contribution in [0.25, 0.3) is 0 Å². The van der Waals surface area contributed by atoms with Crippen molar-refractivity contribution in [1.82, 2.24) is 25.0 Å². The van der Waals surface area contributed by atoms with Crippen LogP contribution in [0.3, 0.4) is 0 Å². The first kappa shape index (κ1) is 19.2. The summed E-state index contributed by atoms with van der Waals surface area (Å²) in [6.45, 7) is 8.54. The van der Waals surface area contributed by atoms with Crippen LogP contribution < -0.4 is 10.6 Å². The molecule has 3 rings (SSSR count). The molecule has 1 aromatic carbocycles. The number of thioether (sulfide) groups is 1. The molecule has 0 spiro atoms. The van der Waals surface area contributed by atoms with E-state index in [2.05, 4.69) is 46.3 Å². The maximum Gasteiger partial charge on any atom is 0.237 e. The van der Waals surface area contributed by atoms with E-state index in [1.54, 1.807) is 0 Å². The first-order valence-corrected chi connectivity index (χ1v) is 9.83. The second-order valence-electron chi connectivity index (χ2n) is 6.50. The van der Waals surface area contributed by atoms with Crippen molar-refractivity contribution in [1.29, 1.82) is 0 Å². The zero-order valence-electron chi connectivity index (χ0n) is 16.0. The van der Waals surface area contributed by atoms with Gasteiger partial charge in [0.25, 0.3) is 0 Å². The Morgan fingerprint density at radius 2 is 2.11 bits per heavy atom. The van der Waals surface area contributed by atoms with E-state index in [1.807, 2.05) is 19.9 Å². The van der Waals surface area contributed by atoms with Crippen LogP contribution >= 0.6 is 11.8 Å². The third-order valence-electron chi connectivity index (χ3n) is 4.03.